The number of ether oxygens (including phenoxy) is 1. The molecule has 94 valence electrons. The van der Waals surface area contributed by atoms with E-state index in [0.29, 0.717) is 5.92 Å². The molecule has 2 aliphatic carbocycles. The number of carbonyl (C=O) groups is 1. The van der Waals surface area contributed by atoms with Crippen LogP contribution in [0, 0.1) is 17.8 Å². The average Bonchev–Trinajstić information content (AvgIpc) is 2.75. The number of carbonyl (C=O) groups excluding carboxylic acids is 1. The number of hydrogen-bond acceptors (Lipinski definition) is 3. The Kier molecular flexibility index (Phi) is 3.13. The smallest absolute Gasteiger partial charge is 0.314 e. The average molecular weight is 236 g/mol. The maximum Gasteiger partial charge on any atom is 0.314 e. The van der Waals surface area contributed by atoms with Crippen LogP contribution >= 0.6 is 0 Å². The van der Waals surface area contributed by atoms with Crippen molar-refractivity contribution in [3.05, 3.63) is 23.8 Å². The van der Waals surface area contributed by atoms with E-state index in [1.54, 1.807) is 6.08 Å². The highest BCUT2D eigenvalue weighted by molar-refractivity contribution is 5.78. The van der Waals surface area contributed by atoms with E-state index >= 15 is 0 Å². The van der Waals surface area contributed by atoms with Gasteiger partial charge in [0.2, 0.25) is 0 Å². The molecule has 0 radical (unpaired) electrons. The molecular weight excluding hydrogens is 216 g/mol. The summed E-state index contributed by atoms with van der Waals surface area (Å²) in [6, 6.07) is 0. The summed E-state index contributed by atoms with van der Waals surface area (Å²) in [4.78, 5) is 12.2. The van der Waals surface area contributed by atoms with Gasteiger partial charge in [-0.1, -0.05) is 23.8 Å². The summed E-state index contributed by atoms with van der Waals surface area (Å²) in [5, 5.41) is 9.03. The normalized spacial score (nSPS) is 33.4. The first-order valence-corrected chi connectivity index (χ1v) is 6.14. The minimum atomic E-state index is -0.451. The molecule has 1 N–H and O–H groups in total. The highest BCUT2D eigenvalue weighted by atomic mass is 16.6. The number of allylic oxidation sites excluding steroid dienone is 2. The van der Waals surface area contributed by atoms with Crippen molar-refractivity contribution in [3.8, 4) is 0 Å². The Morgan fingerprint density at radius 2 is 2.24 bits per heavy atom. The Hall–Kier alpha value is -1.09. The van der Waals surface area contributed by atoms with Gasteiger partial charge < -0.3 is 9.84 Å². The zero-order valence-corrected chi connectivity index (χ0v) is 10.6. The molecule has 3 atom stereocenters. The van der Waals surface area contributed by atoms with Crippen LogP contribution in [0.3, 0.4) is 0 Å². The van der Waals surface area contributed by atoms with Crippen molar-refractivity contribution in [2.24, 2.45) is 17.8 Å². The van der Waals surface area contributed by atoms with Crippen LogP contribution in [0.1, 0.15) is 27.2 Å². The van der Waals surface area contributed by atoms with Crippen LogP contribution < -0.4 is 0 Å². The van der Waals surface area contributed by atoms with E-state index in [1.807, 2.05) is 20.8 Å². The summed E-state index contributed by atoms with van der Waals surface area (Å²) in [6.07, 6.45) is 6.99. The van der Waals surface area contributed by atoms with Gasteiger partial charge in [0.15, 0.2) is 0 Å². The van der Waals surface area contributed by atoms with Crippen LogP contribution in [0.25, 0.3) is 0 Å². The van der Waals surface area contributed by atoms with Gasteiger partial charge in [-0.3, -0.25) is 4.79 Å². The molecular formula is C14H20O3. The number of fused-ring (bicyclic) bond motifs is 2. The highest BCUT2D eigenvalue weighted by Crippen LogP contribution is 2.48. The second-order valence-electron chi connectivity index (χ2n) is 5.79. The summed E-state index contributed by atoms with van der Waals surface area (Å²) in [5.74, 6) is 0.239. The largest absolute Gasteiger partial charge is 0.459 e. The second-order valence-corrected chi connectivity index (χ2v) is 5.79. The third kappa shape index (κ3) is 2.44. The monoisotopic (exact) mass is 236 g/mol. The Morgan fingerprint density at radius 1 is 1.53 bits per heavy atom. The zero-order chi connectivity index (χ0) is 12.6. The molecule has 1 fully saturated rings. The Morgan fingerprint density at radius 3 is 2.82 bits per heavy atom. The van der Waals surface area contributed by atoms with Crippen LogP contribution in [0.5, 0.6) is 0 Å². The van der Waals surface area contributed by atoms with Gasteiger partial charge in [0.1, 0.15) is 5.60 Å². The van der Waals surface area contributed by atoms with Crippen molar-refractivity contribution < 1.29 is 14.6 Å². The van der Waals surface area contributed by atoms with Gasteiger partial charge in [0.05, 0.1) is 12.5 Å². The van der Waals surface area contributed by atoms with Gasteiger partial charge in [-0.15, -0.1) is 0 Å². The molecule has 0 heterocycles. The molecule has 0 saturated heterocycles. The molecule has 17 heavy (non-hydrogen) atoms. The van der Waals surface area contributed by atoms with Crippen LogP contribution in [0.15, 0.2) is 23.8 Å². The molecule has 2 aliphatic rings. The van der Waals surface area contributed by atoms with Crippen LogP contribution in [-0.2, 0) is 9.53 Å². The number of rotatable bonds is 2. The van der Waals surface area contributed by atoms with Crippen molar-refractivity contribution in [2.75, 3.05) is 6.61 Å². The highest BCUT2D eigenvalue weighted by Gasteiger charge is 2.45. The lowest BCUT2D eigenvalue weighted by Gasteiger charge is -2.26. The van der Waals surface area contributed by atoms with Gasteiger partial charge in [0, 0.05) is 0 Å². The van der Waals surface area contributed by atoms with E-state index < -0.39 is 5.60 Å². The maximum atomic E-state index is 12.2. The molecule has 0 aliphatic heterocycles. The van der Waals surface area contributed by atoms with Gasteiger partial charge in [-0.05, 0) is 39.0 Å². The minimum Gasteiger partial charge on any atom is -0.459 e. The molecule has 3 heteroatoms. The first kappa shape index (κ1) is 12.4. The van der Waals surface area contributed by atoms with E-state index in [1.165, 1.54) is 0 Å². The fraction of sp³-hybridized carbons (Fsp3) is 0.643. The van der Waals surface area contributed by atoms with Gasteiger partial charge >= 0.3 is 5.97 Å². The quantitative estimate of drug-likeness (QED) is 0.589. The van der Waals surface area contributed by atoms with Gasteiger partial charge in [-0.25, -0.2) is 0 Å². The predicted octanol–water partition coefficient (Wildman–Crippen LogP) is 2.07. The molecule has 0 aromatic rings. The molecule has 0 spiro atoms. The lowest BCUT2D eigenvalue weighted by Crippen LogP contribution is -2.31. The maximum absolute atomic E-state index is 12.2. The van der Waals surface area contributed by atoms with Crippen molar-refractivity contribution in [2.45, 2.75) is 32.8 Å². The molecule has 2 rings (SSSR count). The Balaban J connectivity index is 2.17. The number of hydrogen-bond donors (Lipinski definition) is 1. The molecule has 0 unspecified atom stereocenters. The molecule has 1 saturated carbocycles. The Bertz CT molecular complexity index is 373. The van der Waals surface area contributed by atoms with E-state index in [2.05, 4.69) is 12.2 Å². The van der Waals surface area contributed by atoms with Crippen LogP contribution in [0.4, 0.5) is 0 Å². The van der Waals surface area contributed by atoms with Crippen molar-refractivity contribution >= 4 is 5.97 Å². The molecule has 0 amide bonds. The third-order valence-electron chi connectivity index (χ3n) is 3.32. The molecule has 0 aromatic heterocycles. The number of aliphatic hydroxyl groups is 1. The lowest BCUT2D eigenvalue weighted by molar-refractivity contribution is -0.159. The summed E-state index contributed by atoms with van der Waals surface area (Å²) >= 11 is 0. The predicted molar refractivity (Wildman–Crippen MR) is 65.2 cm³/mol. The van der Waals surface area contributed by atoms with Crippen LogP contribution in [0.2, 0.25) is 0 Å². The fourth-order valence-corrected chi connectivity index (χ4v) is 2.76. The summed E-state index contributed by atoms with van der Waals surface area (Å²) in [7, 11) is 0. The van der Waals surface area contributed by atoms with E-state index in [-0.39, 0.29) is 24.4 Å². The number of aliphatic hydroxyl groups excluding tert-OH is 1. The van der Waals surface area contributed by atoms with E-state index in [9.17, 15) is 4.79 Å². The summed E-state index contributed by atoms with van der Waals surface area (Å²) in [5.41, 5.74) is 0.585. The lowest BCUT2D eigenvalue weighted by atomic mass is 9.88. The fourth-order valence-electron chi connectivity index (χ4n) is 2.76. The van der Waals surface area contributed by atoms with Crippen molar-refractivity contribution in [3.63, 3.8) is 0 Å². The van der Waals surface area contributed by atoms with Gasteiger partial charge in [-0.2, -0.15) is 0 Å². The SMILES string of the molecule is CC(C)(C)OC(=O)[C@@H]1/C(=C\CO)[C@H]2C=C[C@@H]1C2. The standard InChI is InChI=1S/C14H20O3/c1-14(2,3)17-13(16)12-10-5-4-9(8-10)11(12)6-7-15/h4-6,9-10,12,15H,7-8H2,1-3H3/b11-6-/t9-,10+,12-/m0/s1. The molecule has 2 bridgehead atoms. The van der Waals surface area contributed by atoms with Crippen molar-refractivity contribution in [1.82, 2.24) is 0 Å². The topological polar surface area (TPSA) is 46.5 Å². The third-order valence-corrected chi connectivity index (χ3v) is 3.32. The first-order chi connectivity index (χ1) is 7.92. The summed E-state index contributed by atoms with van der Waals surface area (Å²) in [6.45, 7) is 5.63. The minimum absolute atomic E-state index is 0.00824. The summed E-state index contributed by atoms with van der Waals surface area (Å²) < 4.78 is 5.46. The number of esters is 1. The van der Waals surface area contributed by atoms with Crippen LogP contribution in [-0.4, -0.2) is 23.3 Å². The first-order valence-electron chi connectivity index (χ1n) is 6.14. The van der Waals surface area contributed by atoms with Crippen molar-refractivity contribution in [1.29, 1.82) is 0 Å². The Labute approximate surface area is 102 Å². The molecule has 3 nitrogen and oxygen atoms in total. The second kappa shape index (κ2) is 4.30. The molecule has 0 aromatic carbocycles. The van der Waals surface area contributed by atoms with E-state index in [0.717, 1.165) is 12.0 Å². The van der Waals surface area contributed by atoms with Gasteiger partial charge in [0.25, 0.3) is 0 Å². The van der Waals surface area contributed by atoms with E-state index in [4.69, 9.17) is 9.84 Å². The zero-order valence-electron chi connectivity index (χ0n) is 10.6.